The van der Waals surface area contributed by atoms with E-state index in [4.69, 9.17) is 20.4 Å². The van der Waals surface area contributed by atoms with Gasteiger partial charge < -0.3 is 10.7 Å². The van der Waals surface area contributed by atoms with Crippen LogP contribution in [0.2, 0.25) is 0 Å². The van der Waals surface area contributed by atoms with Crippen LogP contribution in [0.15, 0.2) is 12.1 Å². The Hall–Kier alpha value is -2.30. The lowest BCUT2D eigenvalue weighted by molar-refractivity contribution is 0.667. The van der Waals surface area contributed by atoms with Gasteiger partial charge in [-0.05, 0) is 51.2 Å². The van der Waals surface area contributed by atoms with Gasteiger partial charge in [-0.15, -0.1) is 0 Å². The van der Waals surface area contributed by atoms with Crippen molar-refractivity contribution in [2.45, 2.75) is 79.7 Å². The van der Waals surface area contributed by atoms with Gasteiger partial charge in [-0.25, -0.2) is 9.97 Å². The van der Waals surface area contributed by atoms with E-state index < -0.39 is 0 Å². The van der Waals surface area contributed by atoms with Crippen LogP contribution in [0.3, 0.4) is 0 Å². The molecule has 2 N–H and O–H groups in total. The van der Waals surface area contributed by atoms with Crippen LogP contribution in [0.25, 0.3) is 11.3 Å². The zero-order valence-corrected chi connectivity index (χ0v) is 17.8. The minimum Gasteiger partial charge on any atom is -0.366 e. The zero-order chi connectivity index (χ0) is 20.1. The molecule has 2 rings (SSSR count). The number of pyridine rings is 1. The first-order valence-electron chi connectivity index (χ1n) is 10.0. The van der Waals surface area contributed by atoms with Gasteiger partial charge in [0.1, 0.15) is 5.69 Å². The van der Waals surface area contributed by atoms with E-state index in [1.807, 2.05) is 6.92 Å². The molecule has 0 fully saturated rings. The third-order valence-electron chi connectivity index (χ3n) is 4.94. The lowest BCUT2D eigenvalue weighted by Crippen LogP contribution is -2.21. The fourth-order valence-corrected chi connectivity index (χ4v) is 3.13. The quantitative estimate of drug-likeness (QED) is 0.602. The lowest BCUT2D eigenvalue weighted by Gasteiger charge is -2.20. The SMILES string of the molecule is CCc1nc(NC(CC)CC)c(C(C)=N)nc1-c1ccc(C(C)C)nc1C. The predicted molar refractivity (Wildman–Crippen MR) is 114 cm³/mol. The molecule has 0 atom stereocenters. The molecule has 0 aromatic carbocycles. The van der Waals surface area contributed by atoms with Gasteiger partial charge in [-0.2, -0.15) is 0 Å². The smallest absolute Gasteiger partial charge is 0.154 e. The topological polar surface area (TPSA) is 74.6 Å². The van der Waals surface area contributed by atoms with Crippen molar-refractivity contribution in [3.8, 4) is 11.3 Å². The minimum atomic E-state index is 0.335. The summed E-state index contributed by atoms with van der Waals surface area (Å²) < 4.78 is 0. The maximum Gasteiger partial charge on any atom is 0.154 e. The minimum absolute atomic E-state index is 0.335. The van der Waals surface area contributed by atoms with Crippen molar-refractivity contribution >= 4 is 11.5 Å². The normalized spacial score (nSPS) is 11.3. The highest BCUT2D eigenvalue weighted by atomic mass is 15.1. The number of rotatable bonds is 8. The van der Waals surface area contributed by atoms with Crippen molar-refractivity contribution in [3.63, 3.8) is 0 Å². The molecular weight excluding hydrogens is 334 g/mol. The maximum absolute atomic E-state index is 8.21. The first-order valence-corrected chi connectivity index (χ1v) is 10.0. The second kappa shape index (κ2) is 9.07. The Labute approximate surface area is 163 Å². The number of anilines is 1. The molecule has 5 heteroatoms. The van der Waals surface area contributed by atoms with Gasteiger partial charge in [-0.3, -0.25) is 4.98 Å². The molecule has 0 bridgehead atoms. The third-order valence-corrected chi connectivity index (χ3v) is 4.94. The Kier molecular flexibility index (Phi) is 7.05. The molecule has 0 spiro atoms. The molecule has 5 nitrogen and oxygen atoms in total. The molecular formula is C22H33N5. The first kappa shape index (κ1) is 21.0. The molecule has 0 saturated heterocycles. The van der Waals surface area contributed by atoms with Crippen LogP contribution in [0.5, 0.6) is 0 Å². The lowest BCUT2D eigenvalue weighted by atomic mass is 10.0. The molecule has 0 saturated carbocycles. The second-order valence-electron chi connectivity index (χ2n) is 7.38. The second-order valence-corrected chi connectivity index (χ2v) is 7.38. The number of aryl methyl sites for hydroxylation is 2. The van der Waals surface area contributed by atoms with Gasteiger partial charge in [0, 0.05) is 23.0 Å². The van der Waals surface area contributed by atoms with Crippen LogP contribution in [0.1, 0.15) is 83.1 Å². The number of hydrogen-bond acceptors (Lipinski definition) is 5. The number of hydrogen-bond donors (Lipinski definition) is 2. The summed E-state index contributed by atoms with van der Waals surface area (Å²) in [4.78, 5) is 14.5. The summed E-state index contributed by atoms with van der Waals surface area (Å²) in [6.07, 6.45) is 2.80. The predicted octanol–water partition coefficient (Wildman–Crippen LogP) is 5.52. The van der Waals surface area contributed by atoms with Gasteiger partial charge >= 0.3 is 0 Å². The van der Waals surface area contributed by atoms with Crippen LogP contribution in [0.4, 0.5) is 5.82 Å². The Bertz CT molecular complexity index is 807. The van der Waals surface area contributed by atoms with Crippen LogP contribution >= 0.6 is 0 Å². The van der Waals surface area contributed by atoms with Crippen molar-refractivity contribution < 1.29 is 0 Å². The summed E-state index contributed by atoms with van der Waals surface area (Å²) >= 11 is 0. The molecule has 0 aliphatic rings. The van der Waals surface area contributed by atoms with Crippen LogP contribution in [-0.2, 0) is 6.42 Å². The average molecular weight is 368 g/mol. The Morgan fingerprint density at radius 2 is 1.74 bits per heavy atom. The van der Waals surface area contributed by atoms with E-state index in [9.17, 15) is 0 Å². The van der Waals surface area contributed by atoms with Crippen LogP contribution < -0.4 is 5.32 Å². The van der Waals surface area contributed by atoms with Crippen molar-refractivity contribution in [1.82, 2.24) is 15.0 Å². The molecule has 0 aliphatic carbocycles. The van der Waals surface area contributed by atoms with E-state index in [0.29, 0.717) is 23.4 Å². The molecule has 2 heterocycles. The molecule has 2 aromatic heterocycles. The van der Waals surface area contributed by atoms with Crippen molar-refractivity contribution in [3.05, 3.63) is 34.9 Å². The molecule has 0 unspecified atom stereocenters. The number of aromatic nitrogens is 3. The summed E-state index contributed by atoms with van der Waals surface area (Å²) in [5.41, 5.74) is 5.87. The van der Waals surface area contributed by atoms with E-state index in [1.54, 1.807) is 6.92 Å². The summed E-state index contributed by atoms with van der Waals surface area (Å²) in [5, 5.41) is 11.7. The van der Waals surface area contributed by atoms with Gasteiger partial charge in [0.15, 0.2) is 5.82 Å². The molecule has 0 radical (unpaired) electrons. The van der Waals surface area contributed by atoms with Crippen LogP contribution in [0, 0.1) is 12.3 Å². The maximum atomic E-state index is 8.21. The molecule has 2 aromatic rings. The van der Waals surface area contributed by atoms with Gasteiger partial charge in [-0.1, -0.05) is 34.6 Å². The highest BCUT2D eigenvalue weighted by molar-refractivity contribution is 5.99. The molecule has 27 heavy (non-hydrogen) atoms. The van der Waals surface area contributed by atoms with Crippen molar-refractivity contribution in [2.75, 3.05) is 5.32 Å². The number of nitrogens with one attached hydrogen (secondary N) is 2. The Balaban J connectivity index is 2.61. The van der Waals surface area contributed by atoms with E-state index in [-0.39, 0.29) is 0 Å². The van der Waals surface area contributed by atoms with E-state index in [0.717, 1.165) is 53.4 Å². The van der Waals surface area contributed by atoms with Crippen LogP contribution in [-0.4, -0.2) is 26.7 Å². The summed E-state index contributed by atoms with van der Waals surface area (Å²) in [6, 6.07) is 4.50. The Morgan fingerprint density at radius 1 is 1.07 bits per heavy atom. The number of nitrogens with zero attached hydrogens (tertiary/aromatic N) is 3. The highest BCUT2D eigenvalue weighted by Crippen LogP contribution is 2.28. The van der Waals surface area contributed by atoms with E-state index in [2.05, 4.69) is 52.1 Å². The standard InChI is InChI=1S/C22H33N5/c1-8-16(9-2)25-22-20(14(6)23)27-21(18(10-3)26-22)17-11-12-19(13(4)5)24-15(17)7/h11-13,16,23H,8-10H2,1-7H3,(H,25,26). The van der Waals surface area contributed by atoms with Crippen molar-refractivity contribution in [1.29, 1.82) is 5.41 Å². The van der Waals surface area contributed by atoms with Crippen molar-refractivity contribution in [2.24, 2.45) is 0 Å². The fraction of sp³-hybridized carbons (Fsp3) is 0.545. The van der Waals surface area contributed by atoms with E-state index >= 15 is 0 Å². The molecule has 0 aliphatic heterocycles. The summed E-state index contributed by atoms with van der Waals surface area (Å²) in [5.74, 6) is 1.11. The average Bonchev–Trinajstić information content (AvgIpc) is 2.65. The first-order chi connectivity index (χ1) is 12.8. The summed E-state index contributed by atoms with van der Waals surface area (Å²) in [7, 11) is 0. The third kappa shape index (κ3) is 4.71. The molecule has 0 amide bonds. The van der Waals surface area contributed by atoms with Gasteiger partial charge in [0.05, 0.1) is 17.1 Å². The van der Waals surface area contributed by atoms with Gasteiger partial charge in [0.25, 0.3) is 0 Å². The summed E-state index contributed by atoms with van der Waals surface area (Å²) in [6.45, 7) is 14.5. The van der Waals surface area contributed by atoms with Gasteiger partial charge in [0.2, 0.25) is 0 Å². The largest absolute Gasteiger partial charge is 0.366 e. The highest BCUT2D eigenvalue weighted by Gasteiger charge is 2.19. The van der Waals surface area contributed by atoms with E-state index in [1.165, 1.54) is 0 Å². The fourth-order valence-electron chi connectivity index (χ4n) is 3.13. The Morgan fingerprint density at radius 3 is 2.22 bits per heavy atom. The monoisotopic (exact) mass is 367 g/mol. The zero-order valence-electron chi connectivity index (χ0n) is 17.8. The molecule has 146 valence electrons.